The average Bonchev–Trinajstić information content (AvgIpc) is 2.61. The van der Waals surface area contributed by atoms with Gasteiger partial charge in [0.25, 0.3) is 5.91 Å². The zero-order valence-corrected chi connectivity index (χ0v) is 18.5. The summed E-state index contributed by atoms with van der Waals surface area (Å²) in [5.41, 5.74) is 2.39. The number of nitrogens with one attached hydrogen (secondary N) is 2. The van der Waals surface area contributed by atoms with Crippen LogP contribution in [-0.4, -0.2) is 23.0 Å². The predicted octanol–water partition coefficient (Wildman–Crippen LogP) is 4.89. The minimum Gasteiger partial charge on any atom is -0.457 e. The molecule has 0 unspecified atom stereocenters. The fourth-order valence-electron chi connectivity index (χ4n) is 4.54. The van der Waals surface area contributed by atoms with Crippen LogP contribution in [0.5, 0.6) is 11.5 Å². The van der Waals surface area contributed by atoms with Crippen molar-refractivity contribution in [3.05, 3.63) is 59.2 Å². The third-order valence-corrected chi connectivity index (χ3v) is 5.37. The molecule has 1 aliphatic rings. The van der Waals surface area contributed by atoms with E-state index in [4.69, 9.17) is 10.00 Å². The second kappa shape index (κ2) is 8.49. The van der Waals surface area contributed by atoms with Gasteiger partial charge in [0, 0.05) is 22.7 Å². The molecule has 0 atom stereocenters. The van der Waals surface area contributed by atoms with Crippen LogP contribution in [0.25, 0.3) is 0 Å². The van der Waals surface area contributed by atoms with Crippen LogP contribution in [0, 0.1) is 18.3 Å². The number of nitriles is 1. The van der Waals surface area contributed by atoms with Crippen molar-refractivity contribution in [2.24, 2.45) is 0 Å². The van der Waals surface area contributed by atoms with Crippen LogP contribution in [-0.2, 0) is 6.42 Å². The van der Waals surface area contributed by atoms with Crippen LogP contribution < -0.4 is 15.4 Å². The summed E-state index contributed by atoms with van der Waals surface area (Å²) < 4.78 is 5.99. The molecule has 0 spiro atoms. The minimum absolute atomic E-state index is 0.0204. The number of ether oxygens (including phenoxy) is 1. The molecule has 30 heavy (non-hydrogen) atoms. The SMILES string of the molecule is Cc1cc(C(=O)NC2CC(C)(C)NC(C)(C)C2)ccc1Oc1cccc(CC#N)c1. The van der Waals surface area contributed by atoms with E-state index in [0.717, 1.165) is 24.0 Å². The highest BCUT2D eigenvalue weighted by Crippen LogP contribution is 2.29. The molecule has 1 heterocycles. The van der Waals surface area contributed by atoms with Gasteiger partial charge in [0.2, 0.25) is 0 Å². The van der Waals surface area contributed by atoms with E-state index in [0.29, 0.717) is 23.5 Å². The smallest absolute Gasteiger partial charge is 0.251 e. The maximum absolute atomic E-state index is 12.9. The van der Waals surface area contributed by atoms with Crippen molar-refractivity contribution in [1.29, 1.82) is 5.26 Å². The number of piperidine rings is 1. The first-order valence-corrected chi connectivity index (χ1v) is 10.4. The summed E-state index contributed by atoms with van der Waals surface area (Å²) >= 11 is 0. The van der Waals surface area contributed by atoms with Gasteiger partial charge in [-0.3, -0.25) is 4.79 Å². The molecule has 158 valence electrons. The van der Waals surface area contributed by atoms with E-state index in [-0.39, 0.29) is 23.0 Å². The second-order valence-corrected chi connectivity index (χ2v) is 9.54. The van der Waals surface area contributed by atoms with Crippen molar-refractivity contribution in [3.8, 4) is 17.6 Å². The van der Waals surface area contributed by atoms with E-state index in [2.05, 4.69) is 44.4 Å². The quantitative estimate of drug-likeness (QED) is 0.742. The Labute approximate surface area is 179 Å². The summed E-state index contributed by atoms with van der Waals surface area (Å²) in [5.74, 6) is 1.33. The van der Waals surface area contributed by atoms with Gasteiger partial charge in [-0.05, 0) is 88.9 Å². The molecule has 1 fully saturated rings. The molecule has 0 aliphatic carbocycles. The normalized spacial score (nSPS) is 17.7. The molecule has 1 aliphatic heterocycles. The summed E-state index contributed by atoms with van der Waals surface area (Å²) in [6.07, 6.45) is 2.13. The number of aryl methyl sites for hydroxylation is 1. The molecule has 5 heteroatoms. The number of carbonyl (C=O) groups excluding carboxylic acids is 1. The summed E-state index contributed by atoms with van der Waals surface area (Å²) in [7, 11) is 0. The Bertz CT molecular complexity index is 957. The lowest BCUT2D eigenvalue weighted by atomic mass is 9.79. The summed E-state index contributed by atoms with van der Waals surface area (Å²) in [6.45, 7) is 10.6. The Morgan fingerprint density at radius 1 is 1.17 bits per heavy atom. The van der Waals surface area contributed by atoms with Gasteiger partial charge in [0.15, 0.2) is 0 Å². The maximum Gasteiger partial charge on any atom is 0.251 e. The first-order valence-electron chi connectivity index (χ1n) is 10.4. The lowest BCUT2D eigenvalue weighted by molar-refractivity contribution is 0.0873. The second-order valence-electron chi connectivity index (χ2n) is 9.54. The van der Waals surface area contributed by atoms with Crippen molar-refractivity contribution < 1.29 is 9.53 Å². The predicted molar refractivity (Wildman–Crippen MR) is 119 cm³/mol. The van der Waals surface area contributed by atoms with E-state index in [1.165, 1.54) is 0 Å². The Hall–Kier alpha value is -2.84. The van der Waals surface area contributed by atoms with Crippen LogP contribution in [0.15, 0.2) is 42.5 Å². The van der Waals surface area contributed by atoms with Crippen molar-refractivity contribution in [2.45, 2.75) is 71.0 Å². The summed E-state index contributed by atoms with van der Waals surface area (Å²) in [4.78, 5) is 12.9. The fourth-order valence-corrected chi connectivity index (χ4v) is 4.54. The molecule has 0 saturated carbocycles. The molecule has 1 saturated heterocycles. The van der Waals surface area contributed by atoms with Crippen LogP contribution in [0.3, 0.4) is 0 Å². The molecule has 0 aromatic heterocycles. The molecule has 5 nitrogen and oxygen atoms in total. The molecule has 3 rings (SSSR count). The van der Waals surface area contributed by atoms with E-state index >= 15 is 0 Å². The number of hydrogen-bond donors (Lipinski definition) is 2. The largest absolute Gasteiger partial charge is 0.457 e. The van der Waals surface area contributed by atoms with Gasteiger partial charge < -0.3 is 15.4 Å². The van der Waals surface area contributed by atoms with Crippen molar-refractivity contribution in [2.75, 3.05) is 0 Å². The van der Waals surface area contributed by atoms with Gasteiger partial charge in [0.1, 0.15) is 11.5 Å². The standard InChI is InChI=1S/C25H31N3O2/c1-17-13-19(23(29)27-20-15-24(2,3)28-25(4,5)16-20)9-10-22(17)30-21-8-6-7-18(14-21)11-12-26/h6-10,13-14,20,28H,11,15-16H2,1-5H3,(H,27,29). The Morgan fingerprint density at radius 3 is 2.50 bits per heavy atom. The first-order chi connectivity index (χ1) is 14.1. The number of nitrogens with zero attached hydrogens (tertiary/aromatic N) is 1. The lowest BCUT2D eigenvalue weighted by Crippen LogP contribution is -2.62. The molecule has 1 amide bonds. The topological polar surface area (TPSA) is 74.2 Å². The highest BCUT2D eigenvalue weighted by Gasteiger charge is 2.38. The summed E-state index contributed by atoms with van der Waals surface area (Å²) in [6, 6.07) is 15.3. The molecule has 2 aromatic rings. The van der Waals surface area contributed by atoms with Gasteiger partial charge in [-0.1, -0.05) is 12.1 Å². The van der Waals surface area contributed by atoms with Crippen LogP contribution >= 0.6 is 0 Å². The summed E-state index contributed by atoms with van der Waals surface area (Å²) in [5, 5.41) is 15.7. The molecule has 2 N–H and O–H groups in total. The van der Waals surface area contributed by atoms with Gasteiger partial charge >= 0.3 is 0 Å². The monoisotopic (exact) mass is 405 g/mol. The third-order valence-electron chi connectivity index (χ3n) is 5.37. The zero-order valence-electron chi connectivity index (χ0n) is 18.5. The Morgan fingerprint density at radius 2 is 1.87 bits per heavy atom. The van der Waals surface area contributed by atoms with Gasteiger partial charge in [-0.2, -0.15) is 5.26 Å². The number of hydrogen-bond acceptors (Lipinski definition) is 4. The van der Waals surface area contributed by atoms with Gasteiger partial charge in [0.05, 0.1) is 12.5 Å². The number of amides is 1. The molecular weight excluding hydrogens is 374 g/mol. The highest BCUT2D eigenvalue weighted by atomic mass is 16.5. The average molecular weight is 406 g/mol. The molecule has 0 radical (unpaired) electrons. The Balaban J connectivity index is 1.69. The molecule has 0 bridgehead atoms. The van der Waals surface area contributed by atoms with Gasteiger partial charge in [-0.15, -0.1) is 0 Å². The number of rotatable bonds is 5. The van der Waals surface area contributed by atoms with Crippen LogP contribution in [0.4, 0.5) is 0 Å². The van der Waals surface area contributed by atoms with Crippen LogP contribution in [0.2, 0.25) is 0 Å². The maximum atomic E-state index is 12.9. The van der Waals surface area contributed by atoms with Crippen molar-refractivity contribution in [1.82, 2.24) is 10.6 Å². The Kier molecular flexibility index (Phi) is 6.19. The fraction of sp³-hybridized carbons (Fsp3) is 0.440. The highest BCUT2D eigenvalue weighted by molar-refractivity contribution is 5.94. The zero-order chi connectivity index (χ0) is 21.9. The van der Waals surface area contributed by atoms with Crippen LogP contribution in [0.1, 0.15) is 62.0 Å². The number of carbonyl (C=O) groups is 1. The van der Waals surface area contributed by atoms with Gasteiger partial charge in [-0.25, -0.2) is 0 Å². The molecule has 2 aromatic carbocycles. The minimum atomic E-state index is -0.0563. The van der Waals surface area contributed by atoms with E-state index in [1.54, 1.807) is 6.07 Å². The molecular formula is C25H31N3O2. The van der Waals surface area contributed by atoms with Crippen molar-refractivity contribution >= 4 is 5.91 Å². The first kappa shape index (κ1) is 21.9. The number of benzene rings is 2. The lowest BCUT2D eigenvalue weighted by Gasteiger charge is -2.46. The third kappa shape index (κ3) is 5.61. The van der Waals surface area contributed by atoms with Crippen molar-refractivity contribution in [3.63, 3.8) is 0 Å². The van der Waals surface area contributed by atoms with E-state index in [9.17, 15) is 4.79 Å². The van der Waals surface area contributed by atoms with E-state index in [1.807, 2.05) is 43.3 Å². The van der Waals surface area contributed by atoms with E-state index < -0.39 is 0 Å².